The molecule has 0 radical (unpaired) electrons. The third-order valence-corrected chi connectivity index (χ3v) is 6.47. The third kappa shape index (κ3) is 2.09. The number of fused-ring (bicyclic) bond motifs is 2. The Morgan fingerprint density at radius 3 is 2.70 bits per heavy atom. The molecule has 23 heavy (non-hydrogen) atoms. The molecule has 5 rings (SSSR count). The fraction of sp³-hybridized carbons (Fsp3) is 1.00. The maximum Gasteiger partial charge on any atom is 0.201 e. The van der Waals surface area contributed by atoms with Gasteiger partial charge in [-0.2, -0.15) is 0 Å². The maximum absolute atomic E-state index is 11.2. The minimum atomic E-state index is -1.14. The van der Waals surface area contributed by atoms with E-state index in [1.807, 2.05) is 13.8 Å². The molecule has 0 aromatic rings. The first-order valence-corrected chi connectivity index (χ1v) is 8.87. The predicted molar refractivity (Wildman–Crippen MR) is 79.9 cm³/mol. The highest BCUT2D eigenvalue weighted by Crippen LogP contribution is 2.61. The van der Waals surface area contributed by atoms with E-state index in [2.05, 4.69) is 6.92 Å². The van der Waals surface area contributed by atoms with Gasteiger partial charge in [-0.3, -0.25) is 0 Å². The fourth-order valence-corrected chi connectivity index (χ4v) is 5.24. The molecule has 6 nitrogen and oxygen atoms in total. The normalized spacial score (nSPS) is 58.6. The summed E-state index contributed by atoms with van der Waals surface area (Å²) in [6.45, 7) is 8.30. The van der Waals surface area contributed by atoms with Crippen LogP contribution in [0.15, 0.2) is 0 Å². The molecule has 1 saturated carbocycles. The Morgan fingerprint density at radius 2 is 1.96 bits per heavy atom. The van der Waals surface area contributed by atoms with E-state index in [0.717, 1.165) is 25.7 Å². The zero-order valence-corrected chi connectivity index (χ0v) is 14.4. The van der Waals surface area contributed by atoms with Gasteiger partial charge in [-0.1, -0.05) is 6.92 Å². The second-order valence-electron chi connectivity index (χ2n) is 8.01. The Balaban J connectivity index is 1.80. The number of rotatable bonds is 2. The van der Waals surface area contributed by atoms with Crippen molar-refractivity contribution in [1.82, 2.24) is 0 Å². The molecule has 6 heteroatoms. The molecule has 5 aliphatic rings. The van der Waals surface area contributed by atoms with Gasteiger partial charge in [-0.25, -0.2) is 9.78 Å². The van der Waals surface area contributed by atoms with Crippen LogP contribution >= 0.6 is 0 Å². The van der Waals surface area contributed by atoms with Gasteiger partial charge >= 0.3 is 0 Å². The lowest BCUT2D eigenvalue weighted by Gasteiger charge is -2.62. The van der Waals surface area contributed by atoms with Gasteiger partial charge in [0.2, 0.25) is 5.79 Å². The van der Waals surface area contributed by atoms with Crippen LogP contribution in [0.25, 0.3) is 0 Å². The van der Waals surface area contributed by atoms with E-state index in [4.69, 9.17) is 24.0 Å². The van der Waals surface area contributed by atoms with Gasteiger partial charge < -0.3 is 19.3 Å². The van der Waals surface area contributed by atoms with Crippen LogP contribution in [0.5, 0.6) is 0 Å². The van der Waals surface area contributed by atoms with Crippen LogP contribution in [-0.2, 0) is 24.0 Å². The molecular weight excluding hydrogens is 300 g/mol. The fourth-order valence-electron chi connectivity index (χ4n) is 5.24. The summed E-state index contributed by atoms with van der Waals surface area (Å²) in [5, 5.41) is 11.2. The summed E-state index contributed by atoms with van der Waals surface area (Å²) in [7, 11) is 0. The maximum atomic E-state index is 11.2. The summed E-state index contributed by atoms with van der Waals surface area (Å²) >= 11 is 0. The highest BCUT2D eigenvalue weighted by Gasteiger charge is 2.72. The van der Waals surface area contributed by atoms with Crippen molar-refractivity contribution in [3.8, 4) is 0 Å². The van der Waals surface area contributed by atoms with Crippen molar-refractivity contribution < 1.29 is 29.1 Å². The van der Waals surface area contributed by atoms with Crippen LogP contribution in [0, 0.1) is 17.8 Å². The van der Waals surface area contributed by atoms with E-state index in [1.54, 1.807) is 6.92 Å². The van der Waals surface area contributed by atoms with Crippen LogP contribution < -0.4 is 0 Å². The van der Waals surface area contributed by atoms with Crippen molar-refractivity contribution >= 4 is 0 Å². The topological polar surface area (TPSA) is 66.4 Å². The number of hydrogen-bond donors (Lipinski definition) is 1. The highest BCUT2D eigenvalue weighted by atomic mass is 17.3. The number of aliphatic hydroxyl groups is 1. The SMILES string of the molecule is CCO[C@@H]1O[C@@H]2O[C@@]3(C)CCC4[C@H](C)CCC([C@]42OO3)[C@]1(C)O. The zero-order valence-electron chi connectivity index (χ0n) is 14.4. The summed E-state index contributed by atoms with van der Waals surface area (Å²) in [5.74, 6) is -0.222. The van der Waals surface area contributed by atoms with E-state index in [9.17, 15) is 5.11 Å². The van der Waals surface area contributed by atoms with E-state index >= 15 is 0 Å². The quantitative estimate of drug-likeness (QED) is 0.785. The molecule has 1 aliphatic carbocycles. The molecule has 4 aliphatic heterocycles. The van der Waals surface area contributed by atoms with Crippen LogP contribution in [0.3, 0.4) is 0 Å². The largest absolute Gasteiger partial charge is 0.384 e. The number of hydrogen-bond acceptors (Lipinski definition) is 6. The summed E-state index contributed by atoms with van der Waals surface area (Å²) in [6.07, 6.45) is 2.32. The molecule has 4 heterocycles. The Kier molecular flexibility index (Phi) is 3.62. The predicted octanol–water partition coefficient (Wildman–Crippen LogP) is 2.35. The van der Waals surface area contributed by atoms with Crippen LogP contribution in [0.2, 0.25) is 0 Å². The second kappa shape index (κ2) is 5.13. The summed E-state index contributed by atoms with van der Waals surface area (Å²) < 4.78 is 18.0. The molecule has 132 valence electrons. The van der Waals surface area contributed by atoms with Gasteiger partial charge in [0.05, 0.1) is 0 Å². The lowest BCUT2D eigenvalue weighted by Crippen LogP contribution is -2.75. The van der Waals surface area contributed by atoms with Crippen molar-refractivity contribution in [2.75, 3.05) is 6.61 Å². The summed E-state index contributed by atoms with van der Waals surface area (Å²) in [6, 6.07) is 0. The van der Waals surface area contributed by atoms with Gasteiger partial charge in [0.25, 0.3) is 0 Å². The first-order chi connectivity index (χ1) is 10.8. The Morgan fingerprint density at radius 1 is 1.17 bits per heavy atom. The van der Waals surface area contributed by atoms with Gasteiger partial charge in [0.15, 0.2) is 18.2 Å². The molecular formula is C17H28O6. The first kappa shape index (κ1) is 16.2. The highest BCUT2D eigenvalue weighted by molar-refractivity contribution is 5.13. The van der Waals surface area contributed by atoms with E-state index in [-0.39, 0.29) is 11.8 Å². The molecule has 0 amide bonds. The molecule has 2 bridgehead atoms. The van der Waals surface area contributed by atoms with E-state index in [0.29, 0.717) is 12.5 Å². The van der Waals surface area contributed by atoms with Crippen molar-refractivity contribution in [1.29, 1.82) is 0 Å². The summed E-state index contributed by atoms with van der Waals surface area (Å²) in [4.78, 5) is 11.7. The lowest BCUT2D eigenvalue weighted by molar-refractivity contribution is -0.584. The minimum absolute atomic E-state index is 0.144. The molecule has 0 aromatic heterocycles. The van der Waals surface area contributed by atoms with Crippen LogP contribution in [-0.4, -0.2) is 41.3 Å². The van der Waals surface area contributed by atoms with Crippen molar-refractivity contribution in [3.63, 3.8) is 0 Å². The standard InChI is InChI=1S/C17H28O6/c1-5-19-13-16(4,18)12-7-6-10(2)11-8-9-15(3)21-14(20-13)17(11,12)23-22-15/h10-14,18H,5-9H2,1-4H3/t10-,11?,12?,13-,14-,15-,16+,17-/m1/s1. The van der Waals surface area contributed by atoms with Gasteiger partial charge in [0.1, 0.15) is 5.60 Å². The molecule has 5 fully saturated rings. The Labute approximate surface area is 137 Å². The second-order valence-corrected chi connectivity index (χ2v) is 8.01. The smallest absolute Gasteiger partial charge is 0.201 e. The van der Waals surface area contributed by atoms with Gasteiger partial charge in [-0.15, -0.1) is 0 Å². The van der Waals surface area contributed by atoms with Crippen LogP contribution in [0.4, 0.5) is 0 Å². The van der Waals surface area contributed by atoms with Crippen LogP contribution in [0.1, 0.15) is 53.4 Å². The average Bonchev–Trinajstić information content (AvgIpc) is 2.71. The Bertz CT molecular complexity index is 482. The lowest BCUT2D eigenvalue weighted by atomic mass is 9.57. The van der Waals surface area contributed by atoms with E-state index < -0.39 is 29.6 Å². The minimum Gasteiger partial charge on any atom is -0.384 e. The monoisotopic (exact) mass is 328 g/mol. The van der Waals surface area contributed by atoms with Crippen molar-refractivity contribution in [2.45, 2.75) is 82.9 Å². The molecule has 8 atom stereocenters. The van der Waals surface area contributed by atoms with E-state index in [1.165, 1.54) is 0 Å². The number of ether oxygens (including phenoxy) is 3. The average molecular weight is 328 g/mol. The zero-order chi connectivity index (χ0) is 16.5. The molecule has 0 aromatic carbocycles. The molecule has 4 saturated heterocycles. The molecule has 2 unspecified atom stereocenters. The van der Waals surface area contributed by atoms with Crippen molar-refractivity contribution in [3.05, 3.63) is 0 Å². The molecule has 1 N–H and O–H groups in total. The Hall–Kier alpha value is -0.240. The van der Waals surface area contributed by atoms with Crippen molar-refractivity contribution in [2.24, 2.45) is 17.8 Å². The first-order valence-electron chi connectivity index (χ1n) is 8.87. The van der Waals surface area contributed by atoms with Gasteiger partial charge in [0, 0.05) is 18.9 Å². The molecule has 1 spiro atoms. The van der Waals surface area contributed by atoms with Gasteiger partial charge in [-0.05, 0) is 51.9 Å². The summed E-state index contributed by atoms with van der Waals surface area (Å²) in [5.41, 5.74) is -1.90. The third-order valence-electron chi connectivity index (χ3n) is 6.47.